The van der Waals surface area contributed by atoms with Gasteiger partial charge in [0.15, 0.2) is 0 Å². The van der Waals surface area contributed by atoms with Gasteiger partial charge in [0.25, 0.3) is 0 Å². The lowest BCUT2D eigenvalue weighted by molar-refractivity contribution is -0.134. The molecular formula is C23H31N3O4. The molecule has 7 heteroatoms. The number of nitrogens with zero attached hydrogens (tertiary/aromatic N) is 2. The van der Waals surface area contributed by atoms with E-state index in [0.29, 0.717) is 26.1 Å². The van der Waals surface area contributed by atoms with Crippen molar-refractivity contribution >= 4 is 17.9 Å². The first-order valence-electron chi connectivity index (χ1n) is 10.2. The molecule has 0 radical (unpaired) electrons. The summed E-state index contributed by atoms with van der Waals surface area (Å²) in [6.07, 6.45) is 5.72. The summed E-state index contributed by atoms with van der Waals surface area (Å²) in [6, 6.07) is 9.07. The van der Waals surface area contributed by atoms with Crippen molar-refractivity contribution in [1.82, 2.24) is 15.1 Å². The average Bonchev–Trinajstić information content (AvgIpc) is 2.69. The number of hydrogen-bond donors (Lipinski definition) is 1. The van der Waals surface area contributed by atoms with Gasteiger partial charge >= 0.3 is 6.09 Å². The molecule has 1 aliphatic heterocycles. The predicted molar refractivity (Wildman–Crippen MR) is 115 cm³/mol. The second-order valence-corrected chi connectivity index (χ2v) is 8.34. The summed E-state index contributed by atoms with van der Waals surface area (Å²) in [7, 11) is 0. The minimum absolute atomic E-state index is 0.0441. The van der Waals surface area contributed by atoms with Crippen LogP contribution in [0.3, 0.4) is 0 Å². The molecule has 30 heavy (non-hydrogen) atoms. The van der Waals surface area contributed by atoms with Crippen LogP contribution >= 0.6 is 0 Å². The SMILES string of the molecule is C#CCCC(=O)N1CCN(C(=O)OC(C)(C)C)C(CNC(=O)Cc2ccccc2)C1. The average molecular weight is 414 g/mol. The first-order chi connectivity index (χ1) is 14.2. The van der Waals surface area contributed by atoms with Crippen molar-refractivity contribution in [3.8, 4) is 12.3 Å². The van der Waals surface area contributed by atoms with Crippen LogP contribution in [0.15, 0.2) is 30.3 Å². The number of carbonyl (C=O) groups is 3. The van der Waals surface area contributed by atoms with Gasteiger partial charge < -0.3 is 15.0 Å². The Balaban J connectivity index is 2.02. The summed E-state index contributed by atoms with van der Waals surface area (Å²) in [5, 5.41) is 2.89. The molecule has 1 atom stereocenters. The van der Waals surface area contributed by atoms with E-state index in [9.17, 15) is 14.4 Å². The van der Waals surface area contributed by atoms with Crippen LogP contribution in [0.2, 0.25) is 0 Å². The van der Waals surface area contributed by atoms with E-state index in [4.69, 9.17) is 11.2 Å². The Morgan fingerprint density at radius 2 is 1.90 bits per heavy atom. The highest BCUT2D eigenvalue weighted by atomic mass is 16.6. The highest BCUT2D eigenvalue weighted by Crippen LogP contribution is 2.16. The van der Waals surface area contributed by atoms with E-state index in [-0.39, 0.29) is 37.2 Å². The van der Waals surface area contributed by atoms with Crippen LogP contribution in [0, 0.1) is 12.3 Å². The van der Waals surface area contributed by atoms with Crippen molar-refractivity contribution in [2.24, 2.45) is 0 Å². The smallest absolute Gasteiger partial charge is 0.410 e. The molecule has 7 nitrogen and oxygen atoms in total. The maximum Gasteiger partial charge on any atom is 0.410 e. The van der Waals surface area contributed by atoms with Crippen molar-refractivity contribution in [3.63, 3.8) is 0 Å². The van der Waals surface area contributed by atoms with Gasteiger partial charge in [-0.05, 0) is 26.3 Å². The number of rotatable bonds is 6. The molecule has 1 heterocycles. The summed E-state index contributed by atoms with van der Waals surface area (Å²) in [6.45, 7) is 6.74. The van der Waals surface area contributed by atoms with Gasteiger partial charge in [0.2, 0.25) is 11.8 Å². The van der Waals surface area contributed by atoms with Crippen LogP contribution in [-0.2, 0) is 20.7 Å². The van der Waals surface area contributed by atoms with Crippen LogP contribution in [0.4, 0.5) is 4.79 Å². The maximum atomic E-state index is 12.7. The van der Waals surface area contributed by atoms with Crippen LogP contribution in [0.1, 0.15) is 39.2 Å². The van der Waals surface area contributed by atoms with Gasteiger partial charge in [-0.15, -0.1) is 12.3 Å². The first kappa shape index (κ1) is 23.3. The van der Waals surface area contributed by atoms with Crippen molar-refractivity contribution in [3.05, 3.63) is 35.9 Å². The Labute approximate surface area is 178 Å². The van der Waals surface area contributed by atoms with Gasteiger partial charge in [-0.1, -0.05) is 30.3 Å². The number of carbonyl (C=O) groups excluding carboxylic acids is 3. The zero-order chi connectivity index (χ0) is 22.1. The molecule has 1 saturated heterocycles. The second kappa shape index (κ2) is 10.7. The third-order valence-electron chi connectivity index (χ3n) is 4.69. The Hall–Kier alpha value is -3.01. The minimum atomic E-state index is -0.627. The van der Waals surface area contributed by atoms with E-state index < -0.39 is 11.7 Å². The lowest BCUT2D eigenvalue weighted by Crippen LogP contribution is -2.60. The number of benzene rings is 1. The van der Waals surface area contributed by atoms with Crippen LogP contribution < -0.4 is 5.32 Å². The molecule has 0 spiro atoms. The van der Waals surface area contributed by atoms with Crippen LogP contribution in [0.25, 0.3) is 0 Å². The topological polar surface area (TPSA) is 79.0 Å². The molecule has 1 N–H and O–H groups in total. The lowest BCUT2D eigenvalue weighted by atomic mass is 10.1. The Morgan fingerprint density at radius 3 is 2.53 bits per heavy atom. The fraction of sp³-hybridized carbons (Fsp3) is 0.522. The second-order valence-electron chi connectivity index (χ2n) is 8.34. The van der Waals surface area contributed by atoms with Gasteiger partial charge in [0.05, 0.1) is 12.5 Å². The number of hydrogen-bond acceptors (Lipinski definition) is 4. The number of nitrogens with one attached hydrogen (secondary N) is 1. The third kappa shape index (κ3) is 7.43. The standard InChI is InChI=1S/C23H31N3O4/c1-5-6-12-21(28)25-13-14-26(22(29)30-23(2,3)4)19(17-25)16-24-20(27)15-18-10-8-7-9-11-18/h1,7-11,19H,6,12-17H2,2-4H3,(H,24,27). The largest absolute Gasteiger partial charge is 0.444 e. The fourth-order valence-corrected chi connectivity index (χ4v) is 3.23. The summed E-state index contributed by atoms with van der Waals surface area (Å²) >= 11 is 0. The maximum absolute atomic E-state index is 12.7. The third-order valence-corrected chi connectivity index (χ3v) is 4.69. The van der Waals surface area contributed by atoms with Crippen molar-refractivity contribution < 1.29 is 19.1 Å². The van der Waals surface area contributed by atoms with E-state index in [1.807, 2.05) is 30.3 Å². The molecule has 0 bridgehead atoms. The molecule has 0 aliphatic carbocycles. The molecule has 1 aliphatic rings. The fourth-order valence-electron chi connectivity index (χ4n) is 3.23. The zero-order valence-corrected chi connectivity index (χ0v) is 18.0. The molecule has 2 rings (SSSR count). The number of ether oxygens (including phenoxy) is 1. The molecule has 0 aromatic heterocycles. The van der Waals surface area contributed by atoms with E-state index in [1.165, 1.54) is 0 Å². The molecule has 1 aromatic rings. The van der Waals surface area contributed by atoms with Gasteiger partial charge in [0.1, 0.15) is 5.60 Å². The summed E-state index contributed by atoms with van der Waals surface area (Å²) < 4.78 is 5.51. The van der Waals surface area contributed by atoms with E-state index in [0.717, 1.165) is 5.56 Å². The molecule has 1 unspecified atom stereocenters. The number of piperazine rings is 1. The van der Waals surface area contributed by atoms with Crippen LogP contribution in [0.5, 0.6) is 0 Å². The molecule has 162 valence electrons. The molecule has 1 fully saturated rings. The van der Waals surface area contributed by atoms with E-state index in [1.54, 1.807) is 30.6 Å². The summed E-state index contributed by atoms with van der Waals surface area (Å²) in [5.41, 5.74) is 0.284. The zero-order valence-electron chi connectivity index (χ0n) is 18.0. The number of amides is 3. The van der Waals surface area contributed by atoms with E-state index in [2.05, 4.69) is 11.2 Å². The first-order valence-corrected chi connectivity index (χ1v) is 10.2. The minimum Gasteiger partial charge on any atom is -0.444 e. The van der Waals surface area contributed by atoms with Gasteiger partial charge in [-0.3, -0.25) is 14.5 Å². The van der Waals surface area contributed by atoms with Crippen molar-refractivity contribution in [2.45, 2.75) is 51.7 Å². The lowest BCUT2D eigenvalue weighted by Gasteiger charge is -2.41. The molecule has 0 saturated carbocycles. The van der Waals surface area contributed by atoms with Crippen molar-refractivity contribution in [2.75, 3.05) is 26.2 Å². The molecular weight excluding hydrogens is 382 g/mol. The number of terminal acetylenes is 1. The van der Waals surface area contributed by atoms with Gasteiger partial charge in [-0.25, -0.2) is 4.79 Å². The monoisotopic (exact) mass is 413 g/mol. The summed E-state index contributed by atoms with van der Waals surface area (Å²) in [5.74, 6) is 2.29. The van der Waals surface area contributed by atoms with E-state index >= 15 is 0 Å². The quantitative estimate of drug-likeness (QED) is 0.726. The van der Waals surface area contributed by atoms with Crippen molar-refractivity contribution in [1.29, 1.82) is 0 Å². The predicted octanol–water partition coefficient (Wildman–Crippen LogP) is 2.21. The highest BCUT2D eigenvalue weighted by molar-refractivity contribution is 5.79. The summed E-state index contributed by atoms with van der Waals surface area (Å²) in [4.78, 5) is 40.7. The Bertz CT molecular complexity index is 780. The Morgan fingerprint density at radius 1 is 1.20 bits per heavy atom. The molecule has 1 aromatic carbocycles. The Kier molecular flexibility index (Phi) is 8.28. The molecule has 3 amide bonds. The highest BCUT2D eigenvalue weighted by Gasteiger charge is 2.34. The van der Waals surface area contributed by atoms with Gasteiger partial charge in [0, 0.05) is 39.0 Å². The normalized spacial score (nSPS) is 16.5. The van der Waals surface area contributed by atoms with Crippen LogP contribution in [-0.4, -0.2) is 65.5 Å². The van der Waals surface area contributed by atoms with Gasteiger partial charge in [-0.2, -0.15) is 0 Å².